The van der Waals surface area contributed by atoms with E-state index < -0.39 is 11.8 Å². The zero-order valence-corrected chi connectivity index (χ0v) is 17.5. The number of hydrogen-bond donors (Lipinski definition) is 2. The minimum atomic E-state index is -0.661. The summed E-state index contributed by atoms with van der Waals surface area (Å²) in [5.41, 5.74) is 5.36. The molecule has 0 saturated carbocycles. The molecule has 2 aromatic carbocycles. The number of fused-ring (bicyclic) bond motifs is 1. The maximum Gasteiger partial charge on any atom is 0.291 e. The van der Waals surface area contributed by atoms with Crippen LogP contribution in [0.3, 0.4) is 0 Å². The molecule has 0 atom stereocenters. The zero-order chi connectivity index (χ0) is 22.7. The number of carbonyl (C=O) groups is 2. The molecule has 0 aliphatic carbocycles. The standard InChI is InChI=1S/C23H21N5O4/c1-14(2)20-19(24-13-32-20)22(30)26-25-21(29)18-16-10-6-7-11-17(16)23(31)28(27-18)12-15-8-4-3-5-9-15/h3-11,13-14H,12H2,1-2H3,(H,25,29)(H,26,30). The second kappa shape index (κ2) is 8.84. The van der Waals surface area contributed by atoms with Gasteiger partial charge in [-0.3, -0.25) is 25.2 Å². The van der Waals surface area contributed by atoms with Crippen LogP contribution in [0, 0.1) is 0 Å². The van der Waals surface area contributed by atoms with Gasteiger partial charge in [-0.05, 0) is 11.6 Å². The Morgan fingerprint density at radius 2 is 1.56 bits per heavy atom. The van der Waals surface area contributed by atoms with E-state index in [1.807, 2.05) is 44.2 Å². The maximum absolute atomic E-state index is 12.9. The average molecular weight is 431 g/mol. The van der Waals surface area contributed by atoms with Crippen molar-refractivity contribution in [1.82, 2.24) is 25.6 Å². The zero-order valence-electron chi connectivity index (χ0n) is 17.5. The predicted molar refractivity (Wildman–Crippen MR) is 117 cm³/mol. The van der Waals surface area contributed by atoms with E-state index in [1.54, 1.807) is 24.3 Å². The molecular weight excluding hydrogens is 410 g/mol. The summed E-state index contributed by atoms with van der Waals surface area (Å²) >= 11 is 0. The quantitative estimate of drug-likeness (QED) is 0.469. The van der Waals surface area contributed by atoms with Gasteiger partial charge in [0, 0.05) is 11.3 Å². The van der Waals surface area contributed by atoms with Gasteiger partial charge in [-0.25, -0.2) is 9.67 Å². The highest BCUT2D eigenvalue weighted by Crippen LogP contribution is 2.18. The SMILES string of the molecule is CC(C)c1ocnc1C(=O)NNC(=O)c1nn(Cc2ccccc2)c(=O)c2ccccc12. The van der Waals surface area contributed by atoms with Crippen molar-refractivity contribution >= 4 is 22.6 Å². The van der Waals surface area contributed by atoms with Gasteiger partial charge in [-0.1, -0.05) is 62.4 Å². The first-order chi connectivity index (χ1) is 15.5. The Bertz CT molecular complexity index is 1340. The van der Waals surface area contributed by atoms with E-state index in [-0.39, 0.29) is 29.4 Å². The average Bonchev–Trinajstić information content (AvgIpc) is 3.30. The Labute approximate surface area is 183 Å². The Kier molecular flexibility index (Phi) is 5.80. The molecule has 4 aromatic rings. The summed E-state index contributed by atoms with van der Waals surface area (Å²) < 4.78 is 6.49. The number of carbonyl (C=O) groups excluding carboxylic acids is 2. The second-order valence-corrected chi connectivity index (χ2v) is 7.47. The first kappa shape index (κ1) is 21.0. The van der Waals surface area contributed by atoms with Crippen molar-refractivity contribution < 1.29 is 14.0 Å². The van der Waals surface area contributed by atoms with Gasteiger partial charge in [0.2, 0.25) is 0 Å². The fourth-order valence-electron chi connectivity index (χ4n) is 3.33. The van der Waals surface area contributed by atoms with Crippen LogP contribution in [-0.2, 0) is 6.54 Å². The molecular formula is C23H21N5O4. The van der Waals surface area contributed by atoms with Crippen LogP contribution >= 0.6 is 0 Å². The van der Waals surface area contributed by atoms with Crippen LogP contribution in [0.2, 0.25) is 0 Å². The third-order valence-electron chi connectivity index (χ3n) is 4.88. The van der Waals surface area contributed by atoms with Crippen LogP contribution in [0.15, 0.2) is 70.2 Å². The fraction of sp³-hybridized carbons (Fsp3) is 0.174. The van der Waals surface area contributed by atoms with Gasteiger partial charge >= 0.3 is 0 Å². The van der Waals surface area contributed by atoms with E-state index in [0.717, 1.165) is 5.56 Å². The molecule has 9 heteroatoms. The van der Waals surface area contributed by atoms with E-state index in [1.165, 1.54) is 11.1 Å². The molecule has 0 unspecified atom stereocenters. The number of hydrogen-bond acceptors (Lipinski definition) is 6. The lowest BCUT2D eigenvalue weighted by molar-refractivity contribution is 0.0840. The van der Waals surface area contributed by atoms with Crippen LogP contribution < -0.4 is 16.4 Å². The first-order valence-electron chi connectivity index (χ1n) is 10.0. The van der Waals surface area contributed by atoms with Crippen molar-refractivity contribution in [3.63, 3.8) is 0 Å². The summed E-state index contributed by atoms with van der Waals surface area (Å²) in [4.78, 5) is 42.2. The van der Waals surface area contributed by atoms with Crippen molar-refractivity contribution in [1.29, 1.82) is 0 Å². The molecule has 162 valence electrons. The summed E-state index contributed by atoms with van der Waals surface area (Å²) in [5.74, 6) is -0.915. The Balaban J connectivity index is 1.63. The number of amides is 2. The molecule has 9 nitrogen and oxygen atoms in total. The second-order valence-electron chi connectivity index (χ2n) is 7.47. The lowest BCUT2D eigenvalue weighted by atomic mass is 10.1. The van der Waals surface area contributed by atoms with Gasteiger partial charge < -0.3 is 4.42 Å². The molecule has 0 bridgehead atoms. The van der Waals surface area contributed by atoms with E-state index in [9.17, 15) is 14.4 Å². The lowest BCUT2D eigenvalue weighted by Crippen LogP contribution is -2.43. The van der Waals surface area contributed by atoms with Gasteiger partial charge in [0.15, 0.2) is 17.8 Å². The summed E-state index contributed by atoms with van der Waals surface area (Å²) in [6.07, 6.45) is 1.18. The monoisotopic (exact) mass is 431 g/mol. The minimum Gasteiger partial charge on any atom is -0.447 e. The fourth-order valence-corrected chi connectivity index (χ4v) is 3.33. The van der Waals surface area contributed by atoms with Crippen LogP contribution in [0.5, 0.6) is 0 Å². The topological polar surface area (TPSA) is 119 Å². The van der Waals surface area contributed by atoms with Crippen molar-refractivity contribution in [2.45, 2.75) is 26.3 Å². The normalized spacial score (nSPS) is 11.0. The lowest BCUT2D eigenvalue weighted by Gasteiger charge is -2.12. The molecule has 32 heavy (non-hydrogen) atoms. The summed E-state index contributed by atoms with van der Waals surface area (Å²) in [7, 11) is 0. The van der Waals surface area contributed by atoms with Crippen LogP contribution in [0.4, 0.5) is 0 Å². The van der Waals surface area contributed by atoms with E-state index in [0.29, 0.717) is 16.5 Å². The summed E-state index contributed by atoms with van der Waals surface area (Å²) in [6, 6.07) is 16.0. The highest BCUT2D eigenvalue weighted by atomic mass is 16.3. The number of nitrogens with zero attached hydrogens (tertiary/aromatic N) is 3. The van der Waals surface area contributed by atoms with E-state index in [2.05, 4.69) is 20.9 Å². The minimum absolute atomic E-state index is 0.0145. The largest absolute Gasteiger partial charge is 0.447 e. The highest BCUT2D eigenvalue weighted by Gasteiger charge is 2.21. The van der Waals surface area contributed by atoms with Crippen LogP contribution in [0.25, 0.3) is 10.8 Å². The number of benzene rings is 2. The Morgan fingerprint density at radius 3 is 2.25 bits per heavy atom. The highest BCUT2D eigenvalue weighted by molar-refractivity contribution is 6.05. The van der Waals surface area contributed by atoms with Crippen LogP contribution in [-0.4, -0.2) is 26.6 Å². The Hall–Kier alpha value is -4.27. The molecule has 0 aliphatic rings. The van der Waals surface area contributed by atoms with Crippen molar-refractivity contribution in [2.75, 3.05) is 0 Å². The number of rotatable bonds is 5. The van der Waals surface area contributed by atoms with Gasteiger partial charge in [0.05, 0.1) is 11.9 Å². The molecule has 2 heterocycles. The number of oxazole rings is 1. The van der Waals surface area contributed by atoms with Gasteiger partial charge in [-0.15, -0.1) is 0 Å². The third kappa shape index (κ3) is 4.13. The molecule has 2 N–H and O–H groups in total. The molecule has 0 aliphatic heterocycles. The maximum atomic E-state index is 12.9. The third-order valence-corrected chi connectivity index (χ3v) is 4.88. The number of hydrazine groups is 1. The van der Waals surface area contributed by atoms with Gasteiger partial charge in [0.1, 0.15) is 5.76 Å². The van der Waals surface area contributed by atoms with Crippen molar-refractivity contribution in [3.05, 3.63) is 94.1 Å². The van der Waals surface area contributed by atoms with E-state index >= 15 is 0 Å². The molecule has 4 rings (SSSR count). The smallest absolute Gasteiger partial charge is 0.291 e. The first-order valence-corrected chi connectivity index (χ1v) is 10.0. The summed E-state index contributed by atoms with van der Waals surface area (Å²) in [6.45, 7) is 3.93. The predicted octanol–water partition coefficient (Wildman–Crippen LogP) is 2.63. The molecule has 0 saturated heterocycles. The molecule has 2 amide bonds. The van der Waals surface area contributed by atoms with Crippen LogP contribution in [0.1, 0.15) is 52.1 Å². The number of nitrogens with one attached hydrogen (secondary N) is 2. The summed E-state index contributed by atoms with van der Waals surface area (Å²) in [5, 5.41) is 5.03. The Morgan fingerprint density at radius 1 is 0.938 bits per heavy atom. The molecule has 2 aromatic heterocycles. The number of aromatic nitrogens is 3. The van der Waals surface area contributed by atoms with Gasteiger partial charge in [0.25, 0.3) is 17.4 Å². The van der Waals surface area contributed by atoms with E-state index in [4.69, 9.17) is 4.42 Å². The van der Waals surface area contributed by atoms with Crippen molar-refractivity contribution in [2.24, 2.45) is 0 Å². The molecule has 0 radical (unpaired) electrons. The van der Waals surface area contributed by atoms with Gasteiger partial charge in [-0.2, -0.15) is 5.10 Å². The molecule has 0 spiro atoms. The molecule has 0 fully saturated rings. The van der Waals surface area contributed by atoms with Crippen molar-refractivity contribution in [3.8, 4) is 0 Å².